The van der Waals surface area contributed by atoms with Gasteiger partial charge < -0.3 is 4.52 Å². The number of anilines is 1. The second kappa shape index (κ2) is 6.74. The summed E-state index contributed by atoms with van der Waals surface area (Å²) in [5, 5.41) is 8.34. The van der Waals surface area contributed by atoms with Gasteiger partial charge in [0, 0.05) is 30.4 Å². The van der Waals surface area contributed by atoms with Crippen molar-refractivity contribution in [2.24, 2.45) is 0 Å². The first-order valence-electron chi connectivity index (χ1n) is 7.68. The van der Waals surface area contributed by atoms with Crippen molar-refractivity contribution in [3.8, 4) is 0 Å². The monoisotopic (exact) mass is 340 g/mol. The van der Waals surface area contributed by atoms with Crippen molar-refractivity contribution in [1.29, 1.82) is 0 Å². The third-order valence-corrected chi connectivity index (χ3v) is 4.98. The molecule has 0 bridgehead atoms. The van der Waals surface area contributed by atoms with Gasteiger partial charge in [-0.25, -0.2) is 8.42 Å². The largest absolute Gasteiger partial charge is 0.361 e. The van der Waals surface area contributed by atoms with E-state index in [4.69, 9.17) is 4.52 Å². The highest BCUT2D eigenvalue weighted by Gasteiger charge is 2.22. The molecule has 0 radical (unpaired) electrons. The second-order valence-electron chi connectivity index (χ2n) is 5.75. The molecule has 2 rings (SSSR count). The Balaban J connectivity index is 2.26. The lowest BCUT2D eigenvalue weighted by molar-refractivity contribution is 0.392. The molecule has 0 aliphatic heterocycles. The van der Waals surface area contributed by atoms with E-state index >= 15 is 0 Å². The molecule has 0 aliphatic carbocycles. The van der Waals surface area contributed by atoms with Crippen LogP contribution in [0.4, 0.5) is 5.82 Å². The molecule has 0 amide bonds. The van der Waals surface area contributed by atoms with Gasteiger partial charge in [0.05, 0.1) is 11.9 Å². The Bertz CT molecular complexity index is 757. The summed E-state index contributed by atoms with van der Waals surface area (Å²) in [6, 6.07) is 1.81. The molecule has 2 aromatic heterocycles. The molecule has 0 unspecified atom stereocenters. The molecule has 0 fully saturated rings. The predicted molar refractivity (Wildman–Crippen MR) is 89.1 cm³/mol. The Hall–Kier alpha value is -1.83. The molecular weight excluding hydrogens is 316 g/mol. The van der Waals surface area contributed by atoms with Gasteiger partial charge in [-0.05, 0) is 33.6 Å². The number of hydrogen-bond donors (Lipinski definition) is 0. The Labute approximate surface area is 137 Å². The van der Waals surface area contributed by atoms with Crippen molar-refractivity contribution < 1.29 is 12.9 Å². The van der Waals surface area contributed by atoms with E-state index < -0.39 is 10.0 Å². The van der Waals surface area contributed by atoms with Crippen LogP contribution in [0.3, 0.4) is 0 Å². The molecule has 2 heterocycles. The number of aromatic nitrogens is 3. The Morgan fingerprint density at radius 2 is 2.00 bits per heavy atom. The van der Waals surface area contributed by atoms with E-state index in [1.54, 1.807) is 0 Å². The molecule has 7 nitrogen and oxygen atoms in total. The Morgan fingerprint density at radius 1 is 1.30 bits per heavy atom. The van der Waals surface area contributed by atoms with Crippen LogP contribution in [0.1, 0.15) is 36.1 Å². The van der Waals surface area contributed by atoms with Crippen molar-refractivity contribution in [2.75, 3.05) is 17.1 Å². The predicted octanol–water partition coefficient (Wildman–Crippen LogP) is 2.22. The van der Waals surface area contributed by atoms with Crippen molar-refractivity contribution in [3.63, 3.8) is 0 Å². The number of sulfonamides is 1. The summed E-state index contributed by atoms with van der Waals surface area (Å²) >= 11 is 0. The number of hydrogen-bond acceptors (Lipinski definition) is 5. The van der Waals surface area contributed by atoms with Crippen LogP contribution in [-0.4, -0.2) is 36.2 Å². The maximum absolute atomic E-state index is 12.2. The third-order valence-electron chi connectivity index (χ3n) is 3.81. The highest BCUT2D eigenvalue weighted by Crippen LogP contribution is 2.20. The van der Waals surface area contributed by atoms with Crippen LogP contribution in [-0.2, 0) is 23.0 Å². The molecule has 0 saturated heterocycles. The van der Waals surface area contributed by atoms with Gasteiger partial charge in [-0.2, -0.15) is 5.10 Å². The van der Waals surface area contributed by atoms with E-state index in [0.29, 0.717) is 18.8 Å². The second-order valence-corrected chi connectivity index (χ2v) is 7.66. The summed E-state index contributed by atoms with van der Waals surface area (Å²) < 4.78 is 32.7. The maximum Gasteiger partial charge on any atom is 0.233 e. The molecule has 23 heavy (non-hydrogen) atoms. The van der Waals surface area contributed by atoms with E-state index in [1.807, 2.05) is 31.5 Å². The van der Waals surface area contributed by atoms with Crippen LogP contribution in [0, 0.1) is 20.8 Å². The fourth-order valence-corrected chi connectivity index (χ4v) is 3.43. The molecule has 0 aromatic carbocycles. The summed E-state index contributed by atoms with van der Waals surface area (Å²) in [7, 11) is -3.41. The van der Waals surface area contributed by atoms with Crippen LogP contribution >= 0.6 is 0 Å². The first-order valence-corrected chi connectivity index (χ1v) is 9.52. The van der Waals surface area contributed by atoms with E-state index in [2.05, 4.69) is 17.2 Å². The Morgan fingerprint density at radius 3 is 2.52 bits per heavy atom. The average Bonchev–Trinajstić information content (AvgIpc) is 2.95. The summed E-state index contributed by atoms with van der Waals surface area (Å²) in [5.41, 5.74) is 2.69. The third kappa shape index (κ3) is 3.93. The molecule has 0 aliphatic rings. The molecular formula is C15H24N4O3S. The van der Waals surface area contributed by atoms with Crippen molar-refractivity contribution >= 4 is 15.8 Å². The molecule has 0 saturated carbocycles. The zero-order valence-electron chi connectivity index (χ0n) is 14.3. The first kappa shape index (κ1) is 17.5. The number of nitrogens with zero attached hydrogens (tertiary/aromatic N) is 4. The lowest BCUT2D eigenvalue weighted by Crippen LogP contribution is -2.32. The van der Waals surface area contributed by atoms with E-state index in [-0.39, 0.29) is 0 Å². The van der Waals surface area contributed by atoms with E-state index in [1.165, 1.54) is 10.6 Å². The molecule has 8 heteroatoms. The minimum atomic E-state index is -3.41. The first-order chi connectivity index (χ1) is 10.7. The lowest BCUT2D eigenvalue weighted by Gasteiger charge is -2.19. The van der Waals surface area contributed by atoms with Crippen LogP contribution < -0.4 is 4.31 Å². The van der Waals surface area contributed by atoms with Gasteiger partial charge in [-0.3, -0.25) is 8.99 Å². The van der Waals surface area contributed by atoms with Gasteiger partial charge in [0.1, 0.15) is 5.76 Å². The number of aryl methyl sites for hydroxylation is 4. The van der Waals surface area contributed by atoms with Crippen molar-refractivity contribution in [2.45, 2.75) is 47.1 Å². The standard InChI is InChI=1S/C15H24N4O3S/c1-6-8-18-11(2)10-15(16-18)19(23(5,20)21)9-7-14-12(3)17-22-13(14)4/h10H,6-9H2,1-5H3. The minimum Gasteiger partial charge on any atom is -0.361 e. The van der Waals surface area contributed by atoms with E-state index in [9.17, 15) is 8.42 Å². The highest BCUT2D eigenvalue weighted by atomic mass is 32.2. The fourth-order valence-electron chi connectivity index (χ4n) is 2.58. The maximum atomic E-state index is 12.2. The zero-order valence-corrected chi connectivity index (χ0v) is 15.1. The van der Waals surface area contributed by atoms with Gasteiger partial charge in [-0.1, -0.05) is 12.1 Å². The van der Waals surface area contributed by atoms with Crippen molar-refractivity contribution in [1.82, 2.24) is 14.9 Å². The normalized spacial score (nSPS) is 11.9. The summed E-state index contributed by atoms with van der Waals surface area (Å²) in [5.74, 6) is 1.19. The van der Waals surface area contributed by atoms with Gasteiger partial charge in [0.15, 0.2) is 5.82 Å². The van der Waals surface area contributed by atoms with Gasteiger partial charge in [0.2, 0.25) is 10.0 Å². The smallest absolute Gasteiger partial charge is 0.233 e. The van der Waals surface area contributed by atoms with Crippen LogP contribution in [0.25, 0.3) is 0 Å². The zero-order chi connectivity index (χ0) is 17.2. The Kier molecular flexibility index (Phi) is 5.13. The average molecular weight is 340 g/mol. The molecule has 0 N–H and O–H groups in total. The summed E-state index contributed by atoms with van der Waals surface area (Å²) in [6.45, 7) is 8.77. The SMILES string of the molecule is CCCn1nc(N(CCc2c(C)noc2C)S(C)(=O)=O)cc1C. The van der Waals surface area contributed by atoms with Gasteiger partial charge in [-0.15, -0.1) is 0 Å². The molecule has 0 spiro atoms. The summed E-state index contributed by atoms with van der Waals surface area (Å²) in [4.78, 5) is 0. The summed E-state index contributed by atoms with van der Waals surface area (Å²) in [6.07, 6.45) is 2.68. The van der Waals surface area contributed by atoms with Gasteiger partial charge in [0.25, 0.3) is 0 Å². The van der Waals surface area contributed by atoms with E-state index in [0.717, 1.165) is 35.7 Å². The van der Waals surface area contributed by atoms with Crippen LogP contribution in [0.5, 0.6) is 0 Å². The van der Waals surface area contributed by atoms with Gasteiger partial charge >= 0.3 is 0 Å². The van der Waals surface area contributed by atoms with Crippen LogP contribution in [0.15, 0.2) is 10.6 Å². The van der Waals surface area contributed by atoms with Crippen LogP contribution in [0.2, 0.25) is 0 Å². The fraction of sp³-hybridized carbons (Fsp3) is 0.600. The molecule has 2 aromatic rings. The topological polar surface area (TPSA) is 81.2 Å². The molecule has 0 atom stereocenters. The minimum absolute atomic E-state index is 0.310. The lowest BCUT2D eigenvalue weighted by atomic mass is 10.1. The number of rotatable bonds is 7. The van der Waals surface area contributed by atoms with Crippen molar-refractivity contribution in [3.05, 3.63) is 28.8 Å². The highest BCUT2D eigenvalue weighted by molar-refractivity contribution is 7.92. The quantitative estimate of drug-likeness (QED) is 0.772. The molecule has 128 valence electrons.